The van der Waals surface area contributed by atoms with Gasteiger partial charge in [0, 0.05) is 18.4 Å². The molecule has 0 saturated carbocycles. The van der Waals surface area contributed by atoms with Gasteiger partial charge < -0.3 is 9.85 Å². The molecule has 0 aromatic heterocycles. The van der Waals surface area contributed by atoms with Crippen LogP contribution in [0.25, 0.3) is 0 Å². The zero-order chi connectivity index (χ0) is 10.2. The van der Waals surface area contributed by atoms with Crippen LogP contribution in [-0.2, 0) is 0 Å². The minimum Gasteiger partial charge on any atom is -0.632 e. The number of rotatable bonds is 1. The first-order chi connectivity index (χ1) is 6.62. The van der Waals surface area contributed by atoms with Crippen molar-refractivity contribution in [2.24, 2.45) is 0 Å². The molecule has 1 unspecified atom stereocenters. The monoisotopic (exact) mass is 191 g/mol. The molecule has 2 nitrogen and oxygen atoms in total. The number of hydrogen-bond acceptors (Lipinski definition) is 1. The summed E-state index contributed by atoms with van der Waals surface area (Å²) in [6, 6.07) is 10.5. The summed E-state index contributed by atoms with van der Waals surface area (Å²) in [5.74, 6) is 0. The van der Waals surface area contributed by atoms with E-state index in [4.69, 9.17) is 0 Å². The normalized spacial score (nSPS) is 37.4. The maximum Gasteiger partial charge on any atom is 0.115 e. The van der Waals surface area contributed by atoms with E-state index in [2.05, 4.69) is 19.1 Å². The van der Waals surface area contributed by atoms with Crippen molar-refractivity contribution in [3.63, 3.8) is 0 Å². The van der Waals surface area contributed by atoms with Gasteiger partial charge in [0.1, 0.15) is 6.04 Å². The molecule has 1 aliphatic heterocycles. The van der Waals surface area contributed by atoms with Crippen molar-refractivity contribution in [1.29, 1.82) is 0 Å². The maximum absolute atomic E-state index is 12.3. The standard InChI is InChI=1S/C12H17NO/c1-10-8-9-12(13(10,2)14)11-6-4-3-5-7-11/h3-7,10,12H,8-9H2,1-2H3/t10-,12?,13-/m1/s1. The van der Waals surface area contributed by atoms with Crippen molar-refractivity contribution in [2.45, 2.75) is 31.8 Å². The molecule has 1 aromatic carbocycles. The molecule has 2 rings (SSSR count). The molecular formula is C12H17NO. The molecule has 1 aromatic rings. The summed E-state index contributed by atoms with van der Waals surface area (Å²) >= 11 is 0. The minimum atomic E-state index is -0.107. The van der Waals surface area contributed by atoms with Gasteiger partial charge in [0.2, 0.25) is 0 Å². The summed E-state index contributed by atoms with van der Waals surface area (Å²) in [4.78, 5) is 0. The van der Waals surface area contributed by atoms with Crippen molar-refractivity contribution in [3.8, 4) is 0 Å². The molecule has 1 fully saturated rings. The Labute approximate surface area is 85.3 Å². The lowest BCUT2D eigenvalue weighted by molar-refractivity contribution is -0.900. The summed E-state index contributed by atoms with van der Waals surface area (Å²) in [5, 5.41) is 12.3. The van der Waals surface area contributed by atoms with Gasteiger partial charge in [-0.1, -0.05) is 30.3 Å². The second-order valence-corrected chi connectivity index (χ2v) is 4.41. The zero-order valence-electron chi connectivity index (χ0n) is 8.81. The Balaban J connectivity index is 2.29. The Bertz CT molecular complexity index is 307. The van der Waals surface area contributed by atoms with Crippen LogP contribution in [0.1, 0.15) is 31.4 Å². The van der Waals surface area contributed by atoms with Gasteiger partial charge in [0.05, 0.1) is 13.1 Å². The molecular weight excluding hydrogens is 174 g/mol. The summed E-state index contributed by atoms with van der Waals surface area (Å²) in [6.45, 7) is 2.05. The van der Waals surface area contributed by atoms with Crippen LogP contribution in [0.4, 0.5) is 0 Å². The Hall–Kier alpha value is -0.860. The lowest BCUT2D eigenvalue weighted by atomic mass is 10.1. The highest BCUT2D eigenvalue weighted by Crippen LogP contribution is 2.40. The molecule has 0 bridgehead atoms. The van der Waals surface area contributed by atoms with Crippen LogP contribution in [0.5, 0.6) is 0 Å². The lowest BCUT2D eigenvalue weighted by Gasteiger charge is -2.44. The van der Waals surface area contributed by atoms with Crippen LogP contribution in [0, 0.1) is 5.21 Å². The van der Waals surface area contributed by atoms with E-state index in [-0.39, 0.29) is 16.7 Å². The maximum atomic E-state index is 12.3. The van der Waals surface area contributed by atoms with Gasteiger partial charge in [-0.2, -0.15) is 0 Å². The summed E-state index contributed by atoms with van der Waals surface area (Å²) in [7, 11) is 1.80. The average molecular weight is 191 g/mol. The molecule has 1 aliphatic rings. The Morgan fingerprint density at radius 3 is 2.36 bits per heavy atom. The number of nitrogens with zero attached hydrogens (tertiary/aromatic N) is 1. The van der Waals surface area contributed by atoms with Gasteiger partial charge in [0.15, 0.2) is 0 Å². The van der Waals surface area contributed by atoms with E-state index in [0.717, 1.165) is 12.8 Å². The molecule has 0 N–H and O–H groups in total. The van der Waals surface area contributed by atoms with Crippen molar-refractivity contribution < 1.29 is 4.65 Å². The lowest BCUT2D eigenvalue weighted by Crippen LogP contribution is -2.42. The molecule has 2 heteroatoms. The molecule has 0 aliphatic carbocycles. The third kappa shape index (κ3) is 1.45. The van der Waals surface area contributed by atoms with Gasteiger partial charge in [0.25, 0.3) is 0 Å². The number of hydroxylamine groups is 3. The molecule has 0 radical (unpaired) electrons. The molecule has 1 heterocycles. The minimum absolute atomic E-state index is 0.107. The fraction of sp³-hybridized carbons (Fsp3) is 0.500. The SMILES string of the molecule is C[C@@H]1CCC(c2ccccc2)[N@+]1(C)[O-]. The van der Waals surface area contributed by atoms with E-state index >= 15 is 0 Å². The van der Waals surface area contributed by atoms with Crippen LogP contribution < -0.4 is 0 Å². The highest BCUT2D eigenvalue weighted by molar-refractivity contribution is 5.18. The molecule has 0 amide bonds. The van der Waals surface area contributed by atoms with Crippen molar-refractivity contribution in [1.82, 2.24) is 0 Å². The first kappa shape index (κ1) is 9.69. The highest BCUT2D eigenvalue weighted by atomic mass is 16.5. The first-order valence-corrected chi connectivity index (χ1v) is 5.24. The largest absolute Gasteiger partial charge is 0.632 e. The Morgan fingerprint density at radius 2 is 1.86 bits per heavy atom. The predicted octanol–water partition coefficient (Wildman–Crippen LogP) is 2.85. The summed E-state index contributed by atoms with van der Waals surface area (Å²) in [6.07, 6.45) is 2.06. The third-order valence-electron chi connectivity index (χ3n) is 3.54. The van der Waals surface area contributed by atoms with Crippen LogP contribution >= 0.6 is 0 Å². The molecule has 14 heavy (non-hydrogen) atoms. The second kappa shape index (κ2) is 3.37. The average Bonchev–Trinajstić information content (AvgIpc) is 2.44. The van der Waals surface area contributed by atoms with Crippen LogP contribution in [-0.4, -0.2) is 17.7 Å². The van der Waals surface area contributed by atoms with Crippen LogP contribution in [0.2, 0.25) is 0 Å². The van der Waals surface area contributed by atoms with E-state index in [1.807, 2.05) is 18.2 Å². The molecule has 0 spiro atoms. The quantitative estimate of drug-likeness (QED) is 0.494. The van der Waals surface area contributed by atoms with Gasteiger partial charge in [-0.05, 0) is 6.92 Å². The zero-order valence-corrected chi connectivity index (χ0v) is 8.81. The smallest absolute Gasteiger partial charge is 0.115 e. The van der Waals surface area contributed by atoms with Crippen molar-refractivity contribution >= 4 is 0 Å². The molecule has 1 saturated heterocycles. The topological polar surface area (TPSA) is 23.1 Å². The van der Waals surface area contributed by atoms with Crippen molar-refractivity contribution in [3.05, 3.63) is 41.1 Å². The van der Waals surface area contributed by atoms with Gasteiger partial charge in [-0.25, -0.2) is 0 Å². The third-order valence-corrected chi connectivity index (χ3v) is 3.54. The van der Waals surface area contributed by atoms with E-state index in [1.54, 1.807) is 7.05 Å². The van der Waals surface area contributed by atoms with E-state index in [1.165, 1.54) is 5.56 Å². The highest BCUT2D eigenvalue weighted by Gasteiger charge is 2.37. The first-order valence-electron chi connectivity index (χ1n) is 5.24. The fourth-order valence-corrected chi connectivity index (χ4v) is 2.36. The number of benzene rings is 1. The Kier molecular flexibility index (Phi) is 2.33. The van der Waals surface area contributed by atoms with Gasteiger partial charge in [-0.3, -0.25) is 0 Å². The van der Waals surface area contributed by atoms with Gasteiger partial charge in [-0.15, -0.1) is 0 Å². The number of likely N-dealkylation sites (tertiary alicyclic amines) is 1. The molecule has 76 valence electrons. The molecule has 3 atom stereocenters. The van der Waals surface area contributed by atoms with E-state index < -0.39 is 0 Å². The fourth-order valence-electron chi connectivity index (χ4n) is 2.36. The number of quaternary nitrogens is 1. The van der Waals surface area contributed by atoms with Gasteiger partial charge >= 0.3 is 0 Å². The summed E-state index contributed by atoms with van der Waals surface area (Å²) in [5.41, 5.74) is 1.19. The van der Waals surface area contributed by atoms with Crippen molar-refractivity contribution in [2.75, 3.05) is 7.05 Å². The summed E-state index contributed by atoms with van der Waals surface area (Å²) < 4.78 is -0.107. The second-order valence-electron chi connectivity index (χ2n) is 4.41. The van der Waals surface area contributed by atoms with E-state index in [9.17, 15) is 5.21 Å². The van der Waals surface area contributed by atoms with Crippen LogP contribution in [0.15, 0.2) is 30.3 Å². The number of hydrogen-bond donors (Lipinski definition) is 0. The Morgan fingerprint density at radius 1 is 1.21 bits per heavy atom. The van der Waals surface area contributed by atoms with Crippen LogP contribution in [0.3, 0.4) is 0 Å². The van der Waals surface area contributed by atoms with E-state index in [0.29, 0.717) is 0 Å². The predicted molar refractivity (Wildman–Crippen MR) is 57.4 cm³/mol.